The highest BCUT2D eigenvalue weighted by Crippen LogP contribution is 2.25. The van der Waals surface area contributed by atoms with Crippen LogP contribution in [0.5, 0.6) is 0 Å². The second kappa shape index (κ2) is 7.17. The van der Waals surface area contributed by atoms with Crippen molar-refractivity contribution in [1.82, 2.24) is 9.97 Å². The lowest BCUT2D eigenvalue weighted by atomic mass is 10.2. The van der Waals surface area contributed by atoms with Crippen LogP contribution in [0.1, 0.15) is 17.5 Å². The summed E-state index contributed by atoms with van der Waals surface area (Å²) in [5.74, 6) is 0.0958. The molecule has 25 heavy (non-hydrogen) atoms. The van der Waals surface area contributed by atoms with Crippen molar-refractivity contribution in [2.45, 2.75) is 6.92 Å². The minimum absolute atomic E-state index is 0.0490. The number of fused-ring (bicyclic) bond motifs is 1. The summed E-state index contributed by atoms with van der Waals surface area (Å²) in [7, 11) is 3.98. The van der Waals surface area contributed by atoms with Crippen molar-refractivity contribution >= 4 is 34.1 Å². The molecule has 0 amide bonds. The third-order valence-electron chi connectivity index (χ3n) is 3.71. The molecule has 128 valence electrons. The number of ether oxygens (including phenoxy) is 1. The summed E-state index contributed by atoms with van der Waals surface area (Å²) in [4.78, 5) is 22.7. The van der Waals surface area contributed by atoms with Crippen molar-refractivity contribution in [2.24, 2.45) is 0 Å². The van der Waals surface area contributed by atoms with E-state index in [1.54, 1.807) is 6.92 Å². The summed E-state index contributed by atoms with van der Waals surface area (Å²) in [5, 5.41) is 4.11. The minimum Gasteiger partial charge on any atom is -0.460 e. The van der Waals surface area contributed by atoms with Gasteiger partial charge in [-0.05, 0) is 43.3 Å². The monoisotopic (exact) mass is 336 g/mol. The molecule has 3 rings (SSSR count). The molecule has 3 aromatic rings. The number of carbonyl (C=O) groups is 1. The smallest absolute Gasteiger partial charge is 0.376 e. The molecule has 0 aliphatic rings. The van der Waals surface area contributed by atoms with E-state index in [0.29, 0.717) is 11.3 Å². The fourth-order valence-corrected chi connectivity index (χ4v) is 2.44. The molecule has 0 saturated carbocycles. The van der Waals surface area contributed by atoms with Crippen molar-refractivity contribution in [3.63, 3.8) is 0 Å². The molecule has 0 aliphatic heterocycles. The van der Waals surface area contributed by atoms with Gasteiger partial charge in [-0.15, -0.1) is 0 Å². The van der Waals surface area contributed by atoms with Gasteiger partial charge in [-0.2, -0.15) is 0 Å². The van der Waals surface area contributed by atoms with E-state index in [4.69, 9.17) is 4.74 Å². The molecule has 1 N–H and O–H groups in total. The van der Waals surface area contributed by atoms with Crippen LogP contribution in [0.25, 0.3) is 10.9 Å². The maximum atomic E-state index is 12.0. The van der Waals surface area contributed by atoms with E-state index in [1.807, 2.05) is 67.5 Å². The first-order valence-electron chi connectivity index (χ1n) is 8.07. The van der Waals surface area contributed by atoms with Crippen LogP contribution in [0.3, 0.4) is 0 Å². The predicted molar refractivity (Wildman–Crippen MR) is 99.5 cm³/mol. The maximum Gasteiger partial charge on any atom is 0.376 e. The number of nitrogens with zero attached hydrogens (tertiary/aromatic N) is 3. The average molecular weight is 336 g/mol. The molecule has 0 spiro atoms. The topological polar surface area (TPSA) is 67.3 Å². The molecule has 0 atom stereocenters. The van der Waals surface area contributed by atoms with E-state index in [-0.39, 0.29) is 12.4 Å². The van der Waals surface area contributed by atoms with Crippen molar-refractivity contribution in [3.8, 4) is 0 Å². The van der Waals surface area contributed by atoms with Gasteiger partial charge in [0.05, 0.1) is 12.1 Å². The summed E-state index contributed by atoms with van der Waals surface area (Å²) in [6, 6.07) is 15.5. The zero-order valence-electron chi connectivity index (χ0n) is 14.5. The van der Waals surface area contributed by atoms with Crippen LogP contribution in [0.15, 0.2) is 48.5 Å². The standard InChI is InChI=1S/C19H20N4O2/c1-4-25-19(24)18-21-16-8-6-5-7-15(16)17(22-18)20-13-9-11-14(12-10-13)23(2)3/h5-12H,4H2,1-3H3,(H,20,21,22). The van der Waals surface area contributed by atoms with Crippen LogP contribution in [-0.4, -0.2) is 36.6 Å². The summed E-state index contributed by atoms with van der Waals surface area (Å²) in [6.07, 6.45) is 0. The van der Waals surface area contributed by atoms with Crippen LogP contribution >= 0.6 is 0 Å². The summed E-state index contributed by atoms with van der Waals surface area (Å²) >= 11 is 0. The van der Waals surface area contributed by atoms with E-state index < -0.39 is 5.97 Å². The molecule has 1 aromatic heterocycles. The zero-order valence-corrected chi connectivity index (χ0v) is 14.5. The zero-order chi connectivity index (χ0) is 17.8. The molecule has 0 bridgehead atoms. The van der Waals surface area contributed by atoms with Gasteiger partial charge in [0.1, 0.15) is 5.82 Å². The summed E-state index contributed by atoms with van der Waals surface area (Å²) < 4.78 is 5.03. The molecule has 0 aliphatic carbocycles. The SMILES string of the molecule is CCOC(=O)c1nc(Nc2ccc(N(C)C)cc2)c2ccccc2n1. The Morgan fingerprint density at radius 3 is 2.48 bits per heavy atom. The first-order valence-corrected chi connectivity index (χ1v) is 8.07. The quantitative estimate of drug-likeness (QED) is 0.718. The van der Waals surface area contributed by atoms with Crippen LogP contribution in [0.4, 0.5) is 17.2 Å². The fourth-order valence-electron chi connectivity index (χ4n) is 2.44. The Balaban J connectivity index is 2.00. The number of rotatable bonds is 5. The second-order valence-electron chi connectivity index (χ2n) is 5.70. The fraction of sp³-hybridized carbons (Fsp3) is 0.211. The van der Waals surface area contributed by atoms with Crippen molar-refractivity contribution in [1.29, 1.82) is 0 Å². The van der Waals surface area contributed by atoms with E-state index in [1.165, 1.54) is 0 Å². The van der Waals surface area contributed by atoms with Crippen LogP contribution in [0.2, 0.25) is 0 Å². The number of carbonyl (C=O) groups excluding carboxylic acids is 1. The summed E-state index contributed by atoms with van der Waals surface area (Å²) in [6.45, 7) is 2.04. The second-order valence-corrected chi connectivity index (χ2v) is 5.70. The van der Waals surface area contributed by atoms with Gasteiger partial charge in [0.15, 0.2) is 0 Å². The highest BCUT2D eigenvalue weighted by molar-refractivity contribution is 5.95. The molecule has 6 nitrogen and oxygen atoms in total. The Hall–Kier alpha value is -3.15. The Bertz CT molecular complexity index is 892. The van der Waals surface area contributed by atoms with Crippen molar-refractivity contribution < 1.29 is 9.53 Å². The Kier molecular flexibility index (Phi) is 4.79. The molecule has 0 saturated heterocycles. The molecule has 1 heterocycles. The number of benzene rings is 2. The lowest BCUT2D eigenvalue weighted by Gasteiger charge is -2.14. The van der Waals surface area contributed by atoms with E-state index in [2.05, 4.69) is 15.3 Å². The summed E-state index contributed by atoms with van der Waals surface area (Å²) in [5.41, 5.74) is 2.67. The van der Waals surface area contributed by atoms with Gasteiger partial charge in [-0.3, -0.25) is 0 Å². The van der Waals surface area contributed by atoms with Crippen LogP contribution in [-0.2, 0) is 4.74 Å². The van der Waals surface area contributed by atoms with Gasteiger partial charge in [-0.25, -0.2) is 14.8 Å². The molecule has 0 unspecified atom stereocenters. The number of para-hydroxylation sites is 1. The van der Waals surface area contributed by atoms with E-state index in [0.717, 1.165) is 16.8 Å². The lowest BCUT2D eigenvalue weighted by molar-refractivity contribution is 0.0512. The Morgan fingerprint density at radius 1 is 1.08 bits per heavy atom. The predicted octanol–water partition coefficient (Wildman–Crippen LogP) is 3.62. The van der Waals surface area contributed by atoms with Crippen LogP contribution < -0.4 is 10.2 Å². The average Bonchev–Trinajstić information content (AvgIpc) is 2.62. The largest absolute Gasteiger partial charge is 0.460 e. The van der Waals surface area contributed by atoms with E-state index in [9.17, 15) is 4.79 Å². The van der Waals surface area contributed by atoms with Gasteiger partial charge < -0.3 is 15.0 Å². The van der Waals surface area contributed by atoms with Gasteiger partial charge in [0.2, 0.25) is 5.82 Å². The molecule has 6 heteroatoms. The number of hydrogen-bond acceptors (Lipinski definition) is 6. The van der Waals surface area contributed by atoms with Crippen LogP contribution in [0, 0.1) is 0 Å². The van der Waals surface area contributed by atoms with Gasteiger partial charge in [-0.1, -0.05) is 12.1 Å². The first-order chi connectivity index (χ1) is 12.1. The molecule has 2 aromatic carbocycles. The molecule has 0 fully saturated rings. The number of nitrogens with one attached hydrogen (secondary N) is 1. The van der Waals surface area contributed by atoms with Gasteiger partial charge >= 0.3 is 5.97 Å². The number of hydrogen-bond donors (Lipinski definition) is 1. The van der Waals surface area contributed by atoms with Gasteiger partial charge in [0.25, 0.3) is 0 Å². The third-order valence-corrected chi connectivity index (χ3v) is 3.71. The third kappa shape index (κ3) is 3.68. The van der Waals surface area contributed by atoms with E-state index >= 15 is 0 Å². The highest BCUT2D eigenvalue weighted by atomic mass is 16.5. The van der Waals surface area contributed by atoms with Crippen molar-refractivity contribution in [3.05, 3.63) is 54.4 Å². The molecular formula is C19H20N4O2. The number of esters is 1. The lowest BCUT2D eigenvalue weighted by Crippen LogP contribution is -2.11. The number of aromatic nitrogens is 2. The molecular weight excluding hydrogens is 316 g/mol. The molecule has 0 radical (unpaired) electrons. The minimum atomic E-state index is -0.528. The first kappa shape index (κ1) is 16.7. The highest BCUT2D eigenvalue weighted by Gasteiger charge is 2.15. The Morgan fingerprint density at radius 2 is 1.80 bits per heavy atom. The van der Waals surface area contributed by atoms with Gasteiger partial charge in [0, 0.05) is 30.9 Å². The van der Waals surface area contributed by atoms with Crippen molar-refractivity contribution in [2.75, 3.05) is 30.9 Å². The maximum absolute atomic E-state index is 12.0. The number of anilines is 3. The normalized spacial score (nSPS) is 10.5. The Labute approximate surface area is 146 Å².